The van der Waals surface area contributed by atoms with Crippen molar-refractivity contribution in [3.05, 3.63) is 36.4 Å². The zero-order chi connectivity index (χ0) is 23.2. The standard InChI is InChI=1S/C21H20O11/c22-7-16-17(27)18(28)19(29)21(32-16)31-15-6-10-12(25)4-9(23)5-14(10)30-20(15)8-1-2-11(24)13(26)3-8/h1-6,16-19,21-22,27-29H,7H2,(H3-,23,24,25,26)/p+1/t16-,17-,18-,19+,21+/m0/s1. The third kappa shape index (κ3) is 3.83. The molecule has 1 fully saturated rings. The van der Waals surface area contributed by atoms with E-state index in [1.807, 2.05) is 0 Å². The molecule has 11 nitrogen and oxygen atoms in total. The number of aliphatic hydroxyl groups is 4. The molecule has 0 spiro atoms. The van der Waals surface area contributed by atoms with Crippen LogP contribution < -0.4 is 4.74 Å². The molecular formula is C21H21O11+. The first-order chi connectivity index (χ1) is 15.2. The molecule has 0 saturated carbocycles. The van der Waals surface area contributed by atoms with Gasteiger partial charge in [-0.25, -0.2) is 4.42 Å². The summed E-state index contributed by atoms with van der Waals surface area (Å²) in [5.74, 6) is -1.64. The molecule has 3 aromatic rings. The number of fused-ring (bicyclic) bond motifs is 1. The van der Waals surface area contributed by atoms with E-state index in [1.54, 1.807) is 0 Å². The van der Waals surface area contributed by atoms with E-state index in [0.717, 1.165) is 6.07 Å². The van der Waals surface area contributed by atoms with Crippen molar-refractivity contribution in [2.45, 2.75) is 30.7 Å². The van der Waals surface area contributed by atoms with Gasteiger partial charge in [-0.3, -0.25) is 0 Å². The van der Waals surface area contributed by atoms with Gasteiger partial charge in [0.2, 0.25) is 12.0 Å². The first-order valence-electron chi connectivity index (χ1n) is 9.52. The van der Waals surface area contributed by atoms with Gasteiger partial charge in [-0.1, -0.05) is 0 Å². The van der Waals surface area contributed by atoms with Crippen LogP contribution in [-0.4, -0.2) is 78.2 Å². The number of hydrogen-bond donors (Lipinski definition) is 8. The topological polar surface area (TPSA) is 192 Å². The van der Waals surface area contributed by atoms with E-state index in [2.05, 4.69) is 0 Å². The zero-order valence-corrected chi connectivity index (χ0v) is 16.4. The minimum Gasteiger partial charge on any atom is -0.507 e. The first kappa shape index (κ1) is 21.9. The molecule has 5 atom stereocenters. The van der Waals surface area contributed by atoms with Crippen LogP contribution in [0.3, 0.4) is 0 Å². The Balaban J connectivity index is 1.84. The zero-order valence-electron chi connectivity index (χ0n) is 16.4. The summed E-state index contributed by atoms with van der Waals surface area (Å²) >= 11 is 0. The van der Waals surface area contributed by atoms with Crippen molar-refractivity contribution in [1.82, 2.24) is 0 Å². The monoisotopic (exact) mass is 449 g/mol. The maximum Gasteiger partial charge on any atom is 0.402 e. The van der Waals surface area contributed by atoms with E-state index in [-0.39, 0.29) is 45.3 Å². The van der Waals surface area contributed by atoms with Gasteiger partial charge in [0.05, 0.1) is 18.2 Å². The normalized spacial score (nSPS) is 25.7. The molecule has 0 bridgehead atoms. The van der Waals surface area contributed by atoms with Crippen LogP contribution in [0, 0.1) is 0 Å². The summed E-state index contributed by atoms with van der Waals surface area (Å²) in [5.41, 5.74) is 0.260. The predicted octanol–water partition coefficient (Wildman–Crippen LogP) is 0.382. The maximum absolute atomic E-state index is 10.3. The fourth-order valence-corrected chi connectivity index (χ4v) is 3.43. The highest BCUT2D eigenvalue weighted by Crippen LogP contribution is 2.42. The molecule has 1 aliphatic rings. The Morgan fingerprint density at radius 3 is 2.28 bits per heavy atom. The summed E-state index contributed by atoms with van der Waals surface area (Å²) in [4.78, 5) is 0. The average molecular weight is 449 g/mol. The fourth-order valence-electron chi connectivity index (χ4n) is 3.43. The van der Waals surface area contributed by atoms with E-state index >= 15 is 0 Å². The molecular weight excluding hydrogens is 428 g/mol. The molecule has 8 N–H and O–H groups in total. The van der Waals surface area contributed by atoms with Gasteiger partial charge in [-0.15, -0.1) is 0 Å². The van der Waals surface area contributed by atoms with Crippen LogP contribution in [0.2, 0.25) is 0 Å². The molecule has 1 saturated heterocycles. The fraction of sp³-hybridized carbons (Fsp3) is 0.286. The van der Waals surface area contributed by atoms with Crippen LogP contribution in [0.25, 0.3) is 22.3 Å². The van der Waals surface area contributed by atoms with Crippen molar-refractivity contribution in [2.24, 2.45) is 0 Å². The van der Waals surface area contributed by atoms with Gasteiger partial charge in [0.25, 0.3) is 0 Å². The van der Waals surface area contributed by atoms with Crippen molar-refractivity contribution in [1.29, 1.82) is 0 Å². The predicted molar refractivity (Wildman–Crippen MR) is 107 cm³/mol. The molecule has 0 aliphatic carbocycles. The number of phenols is 4. The number of hydrogen-bond acceptors (Lipinski definition) is 10. The Labute approximate surface area is 180 Å². The number of benzene rings is 2. The van der Waals surface area contributed by atoms with Crippen molar-refractivity contribution >= 4 is 11.0 Å². The molecule has 1 aromatic heterocycles. The minimum atomic E-state index is -1.71. The number of ether oxygens (including phenoxy) is 2. The smallest absolute Gasteiger partial charge is 0.402 e. The summed E-state index contributed by atoms with van der Waals surface area (Å²) < 4.78 is 16.8. The number of phenolic OH excluding ortho intramolecular Hbond substituents is 4. The van der Waals surface area contributed by atoms with Gasteiger partial charge < -0.3 is 50.3 Å². The molecule has 2 heterocycles. The van der Waals surface area contributed by atoms with Crippen molar-refractivity contribution in [3.63, 3.8) is 0 Å². The molecule has 11 heteroatoms. The second kappa shape index (κ2) is 8.30. The lowest BCUT2D eigenvalue weighted by Gasteiger charge is -2.39. The van der Waals surface area contributed by atoms with E-state index in [1.165, 1.54) is 30.3 Å². The summed E-state index contributed by atoms with van der Waals surface area (Å²) in [7, 11) is 0. The Bertz CT molecular complexity index is 1150. The lowest BCUT2D eigenvalue weighted by atomic mass is 9.99. The third-order valence-corrected chi connectivity index (χ3v) is 5.15. The molecule has 0 radical (unpaired) electrons. The summed E-state index contributed by atoms with van der Waals surface area (Å²) in [5, 5.41) is 79.2. The van der Waals surface area contributed by atoms with Crippen molar-refractivity contribution < 1.29 is 54.7 Å². The van der Waals surface area contributed by atoms with Gasteiger partial charge in [-0.05, 0) is 12.1 Å². The highest BCUT2D eigenvalue weighted by molar-refractivity contribution is 5.88. The molecule has 0 unspecified atom stereocenters. The van der Waals surface area contributed by atoms with Gasteiger partial charge in [0.1, 0.15) is 41.3 Å². The Hall–Kier alpha value is -3.35. The number of aromatic hydroxyl groups is 4. The van der Waals surface area contributed by atoms with E-state index in [4.69, 9.17) is 13.9 Å². The van der Waals surface area contributed by atoms with Gasteiger partial charge >= 0.3 is 11.3 Å². The summed E-state index contributed by atoms with van der Waals surface area (Å²) in [6, 6.07) is 7.37. The SMILES string of the molecule is OC[C@@H]1O[C@@H](Oc2cc3c(O)cc(O)cc3[o+]c2-c2ccc(O)c(O)c2)[C@H](O)[C@@H](O)[C@H]1O. The molecule has 4 rings (SSSR count). The summed E-state index contributed by atoms with van der Waals surface area (Å²) in [6.07, 6.45) is -7.76. The lowest BCUT2D eigenvalue weighted by Crippen LogP contribution is -2.60. The maximum atomic E-state index is 10.3. The van der Waals surface area contributed by atoms with Crippen molar-refractivity contribution in [2.75, 3.05) is 6.61 Å². The van der Waals surface area contributed by atoms with Crippen LogP contribution >= 0.6 is 0 Å². The molecule has 170 valence electrons. The highest BCUT2D eigenvalue weighted by atomic mass is 16.7. The second-order valence-electron chi connectivity index (χ2n) is 7.34. The lowest BCUT2D eigenvalue weighted by molar-refractivity contribution is -0.277. The van der Waals surface area contributed by atoms with Crippen molar-refractivity contribution in [3.8, 4) is 40.1 Å². The van der Waals surface area contributed by atoms with Crippen LogP contribution in [0.15, 0.2) is 40.8 Å². The Kier molecular flexibility index (Phi) is 5.67. The largest absolute Gasteiger partial charge is 0.507 e. The first-order valence-corrected chi connectivity index (χ1v) is 9.52. The third-order valence-electron chi connectivity index (χ3n) is 5.15. The molecule has 0 amide bonds. The van der Waals surface area contributed by atoms with Gasteiger partial charge in [0, 0.05) is 18.2 Å². The van der Waals surface area contributed by atoms with Gasteiger partial charge in [-0.2, -0.15) is 0 Å². The van der Waals surface area contributed by atoms with Crippen LogP contribution in [0.5, 0.6) is 28.7 Å². The highest BCUT2D eigenvalue weighted by Gasteiger charge is 2.45. The number of rotatable bonds is 4. The quantitative estimate of drug-likeness (QED) is 0.203. The van der Waals surface area contributed by atoms with E-state index < -0.39 is 43.1 Å². The summed E-state index contributed by atoms with van der Waals surface area (Å²) in [6.45, 7) is -0.661. The van der Waals surface area contributed by atoms with Gasteiger partial charge in [0.15, 0.2) is 11.5 Å². The molecule has 2 aromatic carbocycles. The van der Waals surface area contributed by atoms with Crippen LogP contribution in [0.4, 0.5) is 0 Å². The van der Waals surface area contributed by atoms with Crippen LogP contribution in [-0.2, 0) is 4.74 Å². The Morgan fingerprint density at radius 2 is 1.59 bits per heavy atom. The van der Waals surface area contributed by atoms with Crippen LogP contribution in [0.1, 0.15) is 0 Å². The van der Waals surface area contributed by atoms with E-state index in [9.17, 15) is 40.9 Å². The average Bonchev–Trinajstić information content (AvgIpc) is 2.76. The molecule has 1 aliphatic heterocycles. The number of aliphatic hydroxyl groups excluding tert-OH is 4. The minimum absolute atomic E-state index is 0.0465. The second-order valence-corrected chi connectivity index (χ2v) is 7.34. The molecule has 32 heavy (non-hydrogen) atoms. The van der Waals surface area contributed by atoms with E-state index in [0.29, 0.717) is 0 Å². The Morgan fingerprint density at radius 1 is 0.844 bits per heavy atom.